The molecule has 0 N–H and O–H groups in total. The monoisotopic (exact) mass is 269 g/mol. The first-order valence-corrected chi connectivity index (χ1v) is 7.45. The van der Waals surface area contributed by atoms with Crippen molar-refractivity contribution in [2.45, 2.75) is 23.1 Å². The summed E-state index contributed by atoms with van der Waals surface area (Å²) in [4.78, 5) is 15.1. The molecule has 4 heteroatoms. The van der Waals surface area contributed by atoms with E-state index in [1.807, 2.05) is 35.4 Å². The van der Waals surface area contributed by atoms with Gasteiger partial charge in [0.05, 0.1) is 0 Å². The van der Waals surface area contributed by atoms with Gasteiger partial charge in [0, 0.05) is 18.0 Å². The Morgan fingerprint density at radius 3 is 2.41 bits per heavy atom. The van der Waals surface area contributed by atoms with E-state index in [4.69, 9.17) is 11.6 Å². The molecule has 1 atom stereocenters. The molecule has 0 saturated carbocycles. The van der Waals surface area contributed by atoms with Crippen LogP contribution in [0.15, 0.2) is 29.2 Å². The van der Waals surface area contributed by atoms with E-state index in [0.717, 1.165) is 31.5 Å². The molecular formula is C13H16ClNOS. The predicted molar refractivity (Wildman–Crippen MR) is 72.6 cm³/mol. The van der Waals surface area contributed by atoms with Crippen molar-refractivity contribution in [1.29, 1.82) is 0 Å². The minimum Gasteiger partial charge on any atom is -0.341 e. The van der Waals surface area contributed by atoms with E-state index >= 15 is 0 Å². The number of carbonyl (C=O) groups excluding carboxylic acids is 1. The smallest absolute Gasteiger partial charge is 0.245 e. The molecule has 0 aliphatic carbocycles. The number of likely N-dealkylation sites (tertiary alicyclic amines) is 1. The molecule has 1 heterocycles. The van der Waals surface area contributed by atoms with Crippen LogP contribution in [0.3, 0.4) is 0 Å². The van der Waals surface area contributed by atoms with Gasteiger partial charge in [0.2, 0.25) is 5.91 Å². The lowest BCUT2D eigenvalue weighted by Gasteiger charge is -2.19. The van der Waals surface area contributed by atoms with Crippen LogP contribution < -0.4 is 0 Å². The Kier molecular flexibility index (Phi) is 4.35. The van der Waals surface area contributed by atoms with Gasteiger partial charge in [0.1, 0.15) is 5.38 Å². The fraction of sp³-hybridized carbons (Fsp3) is 0.462. The summed E-state index contributed by atoms with van der Waals surface area (Å²) in [5, 5.41) is -0.538. The fourth-order valence-corrected chi connectivity index (χ4v) is 2.71. The maximum absolute atomic E-state index is 12.1. The molecular weight excluding hydrogens is 254 g/mol. The highest BCUT2D eigenvalue weighted by molar-refractivity contribution is 7.98. The highest BCUT2D eigenvalue weighted by Gasteiger charge is 2.25. The topological polar surface area (TPSA) is 20.3 Å². The SMILES string of the molecule is CSc1ccc(C(Cl)C(=O)N2CCCC2)cc1. The molecule has 1 aromatic carbocycles. The number of amides is 1. The van der Waals surface area contributed by atoms with Crippen molar-refractivity contribution in [3.8, 4) is 0 Å². The standard InChI is InChI=1S/C13H16ClNOS/c1-17-11-6-4-10(5-7-11)12(14)13(16)15-8-2-3-9-15/h4-7,12H,2-3,8-9H2,1H3. The third-order valence-corrected chi connectivity index (χ3v) is 4.23. The number of thioether (sulfide) groups is 1. The maximum Gasteiger partial charge on any atom is 0.245 e. The van der Waals surface area contributed by atoms with Crippen LogP contribution >= 0.6 is 23.4 Å². The second kappa shape index (κ2) is 5.78. The number of hydrogen-bond acceptors (Lipinski definition) is 2. The summed E-state index contributed by atoms with van der Waals surface area (Å²) in [6.07, 6.45) is 4.23. The number of rotatable bonds is 3. The minimum atomic E-state index is -0.538. The zero-order chi connectivity index (χ0) is 12.3. The third kappa shape index (κ3) is 2.96. The first kappa shape index (κ1) is 12.8. The highest BCUT2D eigenvalue weighted by Crippen LogP contribution is 2.26. The second-order valence-corrected chi connectivity index (χ2v) is 5.48. The predicted octanol–water partition coefficient (Wildman–Crippen LogP) is 3.31. The van der Waals surface area contributed by atoms with Crippen LogP contribution in [0, 0.1) is 0 Å². The Bertz CT molecular complexity index is 387. The molecule has 17 heavy (non-hydrogen) atoms. The van der Waals surface area contributed by atoms with Gasteiger partial charge in [-0.25, -0.2) is 0 Å². The summed E-state index contributed by atoms with van der Waals surface area (Å²) < 4.78 is 0. The van der Waals surface area contributed by atoms with Gasteiger partial charge in [-0.1, -0.05) is 12.1 Å². The molecule has 0 spiro atoms. The van der Waals surface area contributed by atoms with Crippen LogP contribution in [0.2, 0.25) is 0 Å². The van der Waals surface area contributed by atoms with Crippen LogP contribution in [0.25, 0.3) is 0 Å². The molecule has 1 aromatic rings. The summed E-state index contributed by atoms with van der Waals surface area (Å²) in [5.74, 6) is 0.0427. The Morgan fingerprint density at radius 2 is 1.88 bits per heavy atom. The quantitative estimate of drug-likeness (QED) is 0.620. The van der Waals surface area contributed by atoms with Gasteiger partial charge in [-0.3, -0.25) is 4.79 Å². The summed E-state index contributed by atoms with van der Waals surface area (Å²) in [5.41, 5.74) is 0.890. The summed E-state index contributed by atoms with van der Waals surface area (Å²) in [7, 11) is 0. The summed E-state index contributed by atoms with van der Waals surface area (Å²) in [6.45, 7) is 1.70. The number of carbonyl (C=O) groups is 1. The van der Waals surface area contributed by atoms with Crippen LogP contribution in [-0.4, -0.2) is 30.2 Å². The molecule has 1 saturated heterocycles. The number of alkyl halides is 1. The van der Waals surface area contributed by atoms with Gasteiger partial charge < -0.3 is 4.90 Å². The van der Waals surface area contributed by atoms with Crippen molar-refractivity contribution >= 4 is 29.3 Å². The van der Waals surface area contributed by atoms with Crippen LogP contribution in [0.4, 0.5) is 0 Å². The van der Waals surface area contributed by atoms with E-state index in [9.17, 15) is 4.79 Å². The number of halogens is 1. The molecule has 1 unspecified atom stereocenters. The van der Waals surface area contributed by atoms with E-state index < -0.39 is 5.38 Å². The zero-order valence-corrected chi connectivity index (χ0v) is 11.4. The first-order valence-electron chi connectivity index (χ1n) is 5.79. The molecule has 2 nitrogen and oxygen atoms in total. The van der Waals surface area contributed by atoms with Crippen LogP contribution in [0.5, 0.6) is 0 Å². The Balaban J connectivity index is 2.07. The van der Waals surface area contributed by atoms with Crippen LogP contribution in [0.1, 0.15) is 23.8 Å². The molecule has 0 aromatic heterocycles. The van der Waals surface area contributed by atoms with E-state index in [1.54, 1.807) is 11.8 Å². The van der Waals surface area contributed by atoms with Gasteiger partial charge in [-0.2, -0.15) is 0 Å². The molecule has 1 amide bonds. The van der Waals surface area contributed by atoms with Gasteiger partial charge in [0.15, 0.2) is 0 Å². The van der Waals surface area contributed by atoms with Gasteiger partial charge >= 0.3 is 0 Å². The Labute approximate surface area is 111 Å². The number of nitrogens with zero attached hydrogens (tertiary/aromatic N) is 1. The Morgan fingerprint density at radius 1 is 1.29 bits per heavy atom. The van der Waals surface area contributed by atoms with E-state index in [-0.39, 0.29) is 5.91 Å². The zero-order valence-electron chi connectivity index (χ0n) is 9.86. The van der Waals surface area contributed by atoms with E-state index in [0.29, 0.717) is 0 Å². The third-order valence-electron chi connectivity index (χ3n) is 3.04. The molecule has 1 fully saturated rings. The lowest BCUT2D eigenvalue weighted by Crippen LogP contribution is -2.30. The Hall–Kier alpha value is -0.670. The molecule has 2 rings (SSSR count). The number of benzene rings is 1. The van der Waals surface area contributed by atoms with Gasteiger partial charge in [-0.05, 0) is 36.8 Å². The summed E-state index contributed by atoms with van der Waals surface area (Å²) >= 11 is 7.92. The lowest BCUT2D eigenvalue weighted by molar-refractivity contribution is -0.129. The van der Waals surface area contributed by atoms with Crippen molar-refractivity contribution in [3.05, 3.63) is 29.8 Å². The largest absolute Gasteiger partial charge is 0.341 e. The number of hydrogen-bond donors (Lipinski definition) is 0. The van der Waals surface area contributed by atoms with Crippen molar-refractivity contribution in [1.82, 2.24) is 4.90 Å². The van der Waals surface area contributed by atoms with E-state index in [2.05, 4.69) is 0 Å². The molecule has 0 bridgehead atoms. The lowest BCUT2D eigenvalue weighted by atomic mass is 10.1. The normalized spacial score (nSPS) is 17.2. The first-order chi connectivity index (χ1) is 8.22. The van der Waals surface area contributed by atoms with Crippen LogP contribution in [-0.2, 0) is 4.79 Å². The fourth-order valence-electron chi connectivity index (χ4n) is 2.01. The van der Waals surface area contributed by atoms with Gasteiger partial charge in [0.25, 0.3) is 0 Å². The second-order valence-electron chi connectivity index (χ2n) is 4.17. The van der Waals surface area contributed by atoms with Gasteiger partial charge in [-0.15, -0.1) is 23.4 Å². The highest BCUT2D eigenvalue weighted by atomic mass is 35.5. The summed E-state index contributed by atoms with van der Waals surface area (Å²) in [6, 6.07) is 7.90. The maximum atomic E-state index is 12.1. The molecule has 1 aliphatic rings. The van der Waals surface area contributed by atoms with Crippen molar-refractivity contribution in [3.63, 3.8) is 0 Å². The molecule has 0 radical (unpaired) electrons. The average Bonchev–Trinajstić information content (AvgIpc) is 2.91. The van der Waals surface area contributed by atoms with Crippen molar-refractivity contribution < 1.29 is 4.79 Å². The van der Waals surface area contributed by atoms with Crippen molar-refractivity contribution in [2.75, 3.05) is 19.3 Å². The minimum absolute atomic E-state index is 0.0427. The van der Waals surface area contributed by atoms with E-state index in [1.165, 1.54) is 4.90 Å². The molecule has 92 valence electrons. The average molecular weight is 270 g/mol. The molecule has 1 aliphatic heterocycles. The van der Waals surface area contributed by atoms with Crippen molar-refractivity contribution in [2.24, 2.45) is 0 Å².